The number of hydrogen-bond donors (Lipinski definition) is 0. The standard InChI is InChI=1S/C16H21N3O/c1-12-3-5-14(6-4-12)16-18-17-15(20-16)11-19-9-7-13(2)8-10-19/h3-6,13H,7-11H2,1-2H3. The highest BCUT2D eigenvalue weighted by atomic mass is 16.4. The Labute approximate surface area is 119 Å². The fourth-order valence-corrected chi connectivity index (χ4v) is 2.54. The zero-order valence-corrected chi connectivity index (χ0v) is 12.2. The van der Waals surface area contributed by atoms with Crippen LogP contribution in [0.25, 0.3) is 11.5 Å². The second-order valence-corrected chi connectivity index (χ2v) is 5.83. The summed E-state index contributed by atoms with van der Waals surface area (Å²) in [5, 5.41) is 8.32. The zero-order chi connectivity index (χ0) is 13.9. The van der Waals surface area contributed by atoms with E-state index < -0.39 is 0 Å². The fraction of sp³-hybridized carbons (Fsp3) is 0.500. The minimum Gasteiger partial charge on any atom is -0.419 e. The second-order valence-electron chi connectivity index (χ2n) is 5.83. The second kappa shape index (κ2) is 5.75. The average molecular weight is 271 g/mol. The van der Waals surface area contributed by atoms with Crippen LogP contribution in [-0.2, 0) is 6.54 Å². The first-order valence-corrected chi connectivity index (χ1v) is 7.32. The van der Waals surface area contributed by atoms with Gasteiger partial charge in [0.05, 0.1) is 6.54 Å². The monoisotopic (exact) mass is 271 g/mol. The number of hydrogen-bond acceptors (Lipinski definition) is 4. The topological polar surface area (TPSA) is 42.2 Å². The molecule has 0 spiro atoms. The molecule has 1 aromatic carbocycles. The molecule has 1 fully saturated rings. The summed E-state index contributed by atoms with van der Waals surface area (Å²) in [6.45, 7) is 7.41. The predicted molar refractivity (Wildman–Crippen MR) is 78.1 cm³/mol. The number of piperidine rings is 1. The maximum absolute atomic E-state index is 5.78. The summed E-state index contributed by atoms with van der Waals surface area (Å²) in [6.07, 6.45) is 2.53. The lowest BCUT2D eigenvalue weighted by Crippen LogP contribution is -2.32. The van der Waals surface area contributed by atoms with Gasteiger partial charge >= 0.3 is 0 Å². The van der Waals surface area contributed by atoms with Gasteiger partial charge in [0.1, 0.15) is 0 Å². The Bertz CT molecular complexity index is 553. The van der Waals surface area contributed by atoms with Gasteiger partial charge in [0.25, 0.3) is 0 Å². The van der Waals surface area contributed by atoms with Crippen LogP contribution in [-0.4, -0.2) is 28.2 Å². The van der Waals surface area contributed by atoms with Crippen LogP contribution in [0.5, 0.6) is 0 Å². The normalized spacial score (nSPS) is 17.5. The molecule has 4 nitrogen and oxygen atoms in total. The third-order valence-electron chi connectivity index (χ3n) is 4.00. The molecule has 0 aliphatic carbocycles. The Balaban J connectivity index is 1.66. The van der Waals surface area contributed by atoms with Gasteiger partial charge < -0.3 is 4.42 Å². The van der Waals surface area contributed by atoms with Crippen LogP contribution in [0.4, 0.5) is 0 Å². The third kappa shape index (κ3) is 3.07. The van der Waals surface area contributed by atoms with E-state index in [0.29, 0.717) is 5.89 Å². The van der Waals surface area contributed by atoms with Crippen LogP contribution in [0.15, 0.2) is 28.7 Å². The average Bonchev–Trinajstić information content (AvgIpc) is 2.91. The molecule has 3 rings (SSSR count). The highest BCUT2D eigenvalue weighted by Gasteiger charge is 2.18. The summed E-state index contributed by atoms with van der Waals surface area (Å²) < 4.78 is 5.78. The number of nitrogens with zero attached hydrogens (tertiary/aromatic N) is 3. The first kappa shape index (κ1) is 13.3. The summed E-state index contributed by atoms with van der Waals surface area (Å²) in [6, 6.07) is 8.17. The number of benzene rings is 1. The molecule has 0 N–H and O–H groups in total. The maximum Gasteiger partial charge on any atom is 0.247 e. The van der Waals surface area contributed by atoms with Crippen LogP contribution in [0, 0.1) is 12.8 Å². The van der Waals surface area contributed by atoms with Gasteiger partial charge in [0.15, 0.2) is 0 Å². The van der Waals surface area contributed by atoms with Crippen molar-refractivity contribution in [1.82, 2.24) is 15.1 Å². The molecule has 106 valence electrons. The van der Waals surface area contributed by atoms with Gasteiger partial charge in [-0.25, -0.2) is 0 Å². The summed E-state index contributed by atoms with van der Waals surface area (Å²) in [5.41, 5.74) is 2.22. The molecule has 20 heavy (non-hydrogen) atoms. The summed E-state index contributed by atoms with van der Waals surface area (Å²) in [4.78, 5) is 2.40. The van der Waals surface area contributed by atoms with Crippen molar-refractivity contribution in [3.05, 3.63) is 35.7 Å². The van der Waals surface area contributed by atoms with Gasteiger partial charge in [-0.2, -0.15) is 0 Å². The van der Waals surface area contributed by atoms with E-state index >= 15 is 0 Å². The molecule has 1 aliphatic heterocycles. The van der Waals surface area contributed by atoms with Crippen molar-refractivity contribution in [2.75, 3.05) is 13.1 Å². The van der Waals surface area contributed by atoms with Crippen molar-refractivity contribution < 1.29 is 4.42 Å². The molecule has 0 saturated carbocycles. The van der Waals surface area contributed by atoms with Crippen molar-refractivity contribution in [3.63, 3.8) is 0 Å². The van der Waals surface area contributed by atoms with Crippen LogP contribution in [0.1, 0.15) is 31.2 Å². The Hall–Kier alpha value is -1.68. The van der Waals surface area contributed by atoms with Crippen molar-refractivity contribution in [1.29, 1.82) is 0 Å². The van der Waals surface area contributed by atoms with Crippen LogP contribution in [0.3, 0.4) is 0 Å². The molecule has 1 saturated heterocycles. The SMILES string of the molecule is Cc1ccc(-c2nnc(CN3CCC(C)CC3)o2)cc1. The number of likely N-dealkylation sites (tertiary alicyclic amines) is 1. The molecular formula is C16H21N3O. The van der Waals surface area contributed by atoms with Crippen LogP contribution >= 0.6 is 0 Å². The molecule has 4 heteroatoms. The Morgan fingerprint density at radius 3 is 2.55 bits per heavy atom. The Kier molecular flexibility index (Phi) is 3.83. The van der Waals surface area contributed by atoms with E-state index in [1.807, 2.05) is 12.1 Å². The molecule has 0 amide bonds. The van der Waals surface area contributed by atoms with Crippen LogP contribution in [0.2, 0.25) is 0 Å². The smallest absolute Gasteiger partial charge is 0.247 e. The van der Waals surface area contributed by atoms with E-state index in [0.717, 1.165) is 37.0 Å². The molecule has 1 aromatic heterocycles. The maximum atomic E-state index is 5.78. The molecule has 1 aliphatic rings. The van der Waals surface area contributed by atoms with Crippen molar-refractivity contribution in [2.24, 2.45) is 5.92 Å². The number of aromatic nitrogens is 2. The molecule has 0 bridgehead atoms. The molecular weight excluding hydrogens is 250 g/mol. The van der Waals surface area contributed by atoms with E-state index in [4.69, 9.17) is 4.42 Å². The van der Waals surface area contributed by atoms with Gasteiger partial charge in [0.2, 0.25) is 11.8 Å². The van der Waals surface area contributed by atoms with Gasteiger partial charge in [-0.3, -0.25) is 4.90 Å². The van der Waals surface area contributed by atoms with Gasteiger partial charge in [0, 0.05) is 5.56 Å². The molecule has 2 aromatic rings. The molecule has 0 unspecified atom stereocenters. The van der Waals surface area contributed by atoms with Crippen molar-refractivity contribution in [3.8, 4) is 11.5 Å². The van der Waals surface area contributed by atoms with Gasteiger partial charge in [-0.05, 0) is 50.9 Å². The largest absolute Gasteiger partial charge is 0.419 e. The Morgan fingerprint density at radius 2 is 1.85 bits per heavy atom. The third-order valence-corrected chi connectivity index (χ3v) is 4.00. The minimum absolute atomic E-state index is 0.616. The highest BCUT2D eigenvalue weighted by Crippen LogP contribution is 2.21. The van der Waals surface area contributed by atoms with Gasteiger partial charge in [-0.15, -0.1) is 10.2 Å². The van der Waals surface area contributed by atoms with E-state index in [1.165, 1.54) is 18.4 Å². The van der Waals surface area contributed by atoms with E-state index in [2.05, 4.69) is 41.1 Å². The van der Waals surface area contributed by atoms with E-state index in [-0.39, 0.29) is 0 Å². The predicted octanol–water partition coefficient (Wildman–Crippen LogP) is 3.28. The zero-order valence-electron chi connectivity index (χ0n) is 12.2. The first-order valence-electron chi connectivity index (χ1n) is 7.32. The highest BCUT2D eigenvalue weighted by molar-refractivity contribution is 5.52. The summed E-state index contributed by atoms with van der Waals surface area (Å²) >= 11 is 0. The lowest BCUT2D eigenvalue weighted by atomic mass is 9.99. The van der Waals surface area contributed by atoms with E-state index in [1.54, 1.807) is 0 Å². The lowest BCUT2D eigenvalue weighted by Gasteiger charge is -2.28. The summed E-state index contributed by atoms with van der Waals surface area (Å²) in [7, 11) is 0. The van der Waals surface area contributed by atoms with Crippen molar-refractivity contribution >= 4 is 0 Å². The molecule has 2 heterocycles. The quantitative estimate of drug-likeness (QED) is 0.859. The number of rotatable bonds is 3. The number of aryl methyl sites for hydroxylation is 1. The molecule has 0 radical (unpaired) electrons. The van der Waals surface area contributed by atoms with Crippen molar-refractivity contribution in [2.45, 2.75) is 33.2 Å². The van der Waals surface area contributed by atoms with Crippen LogP contribution < -0.4 is 0 Å². The summed E-state index contributed by atoms with van der Waals surface area (Å²) in [5.74, 6) is 2.18. The minimum atomic E-state index is 0.616. The first-order chi connectivity index (χ1) is 9.70. The van der Waals surface area contributed by atoms with E-state index in [9.17, 15) is 0 Å². The lowest BCUT2D eigenvalue weighted by molar-refractivity contribution is 0.171. The van der Waals surface area contributed by atoms with Gasteiger partial charge in [-0.1, -0.05) is 24.6 Å². The Morgan fingerprint density at radius 1 is 1.15 bits per heavy atom. The molecule has 0 atom stereocenters. The fourth-order valence-electron chi connectivity index (χ4n) is 2.54.